The Balaban J connectivity index is 1.80. The summed E-state index contributed by atoms with van der Waals surface area (Å²) in [5, 5.41) is 9.94. The first kappa shape index (κ1) is 14.6. The Labute approximate surface area is 132 Å². The van der Waals surface area contributed by atoms with Gasteiger partial charge >= 0.3 is 0 Å². The van der Waals surface area contributed by atoms with Crippen molar-refractivity contribution in [3.8, 4) is 5.75 Å². The molecule has 5 heteroatoms. The summed E-state index contributed by atoms with van der Waals surface area (Å²) in [7, 11) is 0. The normalized spacial score (nSPS) is 24.9. The van der Waals surface area contributed by atoms with Gasteiger partial charge in [0.2, 0.25) is 0 Å². The highest BCUT2D eigenvalue weighted by atomic mass is 79.9. The van der Waals surface area contributed by atoms with Crippen molar-refractivity contribution in [3.63, 3.8) is 0 Å². The summed E-state index contributed by atoms with van der Waals surface area (Å²) in [5.74, 6) is 1.01. The van der Waals surface area contributed by atoms with Crippen molar-refractivity contribution in [3.05, 3.63) is 33.8 Å². The molecule has 1 aromatic carbocycles. The summed E-state index contributed by atoms with van der Waals surface area (Å²) in [6, 6.07) is 5.75. The van der Waals surface area contributed by atoms with Gasteiger partial charge in [0, 0.05) is 23.1 Å². The van der Waals surface area contributed by atoms with Gasteiger partial charge in [-0.1, -0.05) is 22.9 Å². The molecule has 0 saturated carbocycles. The summed E-state index contributed by atoms with van der Waals surface area (Å²) in [4.78, 5) is 14.3. The number of hydrogen-bond donors (Lipinski definition) is 1. The summed E-state index contributed by atoms with van der Waals surface area (Å²) in [6.45, 7) is 3.40. The summed E-state index contributed by atoms with van der Waals surface area (Å²) in [5.41, 5.74) is 1.55. The van der Waals surface area contributed by atoms with Gasteiger partial charge in [0.05, 0.1) is 11.7 Å². The van der Waals surface area contributed by atoms with Crippen LogP contribution < -0.4 is 4.74 Å². The number of nitrogens with zero attached hydrogens (tertiary/aromatic N) is 1. The number of aliphatic hydroxyl groups is 1. The lowest BCUT2D eigenvalue weighted by Gasteiger charge is -2.35. The van der Waals surface area contributed by atoms with Crippen molar-refractivity contribution in [1.82, 2.24) is 4.90 Å². The fraction of sp³-hybridized carbons (Fsp3) is 0.438. The second kappa shape index (κ2) is 5.81. The van der Waals surface area contributed by atoms with Gasteiger partial charge in [-0.15, -0.1) is 0 Å². The van der Waals surface area contributed by atoms with E-state index in [1.165, 1.54) is 0 Å². The second-order valence-corrected chi connectivity index (χ2v) is 6.64. The number of piperidine rings is 1. The Bertz CT molecular complexity index is 599. The number of β-amino-alcohol motifs (C(OH)–C–C–N with tert-alkyl or cyclic N) is 1. The largest absolute Gasteiger partial charge is 0.488 e. The number of carbonyl (C=O) groups is 1. The van der Waals surface area contributed by atoms with E-state index in [4.69, 9.17) is 4.74 Å². The fourth-order valence-corrected chi connectivity index (χ4v) is 3.09. The van der Waals surface area contributed by atoms with E-state index >= 15 is 0 Å². The lowest BCUT2D eigenvalue weighted by atomic mass is 9.95. The molecule has 0 radical (unpaired) electrons. The first-order chi connectivity index (χ1) is 10.0. The molecule has 1 fully saturated rings. The van der Waals surface area contributed by atoms with Gasteiger partial charge in [-0.25, -0.2) is 0 Å². The number of carbonyl (C=O) groups excluding carboxylic acids is 1. The molecule has 0 aliphatic carbocycles. The molecule has 2 aliphatic heterocycles. The average Bonchev–Trinajstić information content (AvgIpc) is 2.48. The Kier molecular flexibility index (Phi) is 4.04. The summed E-state index contributed by atoms with van der Waals surface area (Å²) < 4.78 is 6.61. The summed E-state index contributed by atoms with van der Waals surface area (Å²) in [6.07, 6.45) is 2.29. The molecular weight excluding hydrogens is 334 g/mol. The van der Waals surface area contributed by atoms with E-state index in [9.17, 15) is 9.90 Å². The molecule has 1 aromatic rings. The fourth-order valence-electron chi connectivity index (χ4n) is 2.71. The van der Waals surface area contributed by atoms with Gasteiger partial charge in [-0.3, -0.25) is 4.79 Å². The molecule has 4 nitrogen and oxygen atoms in total. The van der Waals surface area contributed by atoms with Gasteiger partial charge in [0.1, 0.15) is 12.4 Å². The van der Waals surface area contributed by atoms with Crippen LogP contribution in [-0.4, -0.2) is 41.7 Å². The number of rotatable bonds is 1. The topological polar surface area (TPSA) is 49.8 Å². The van der Waals surface area contributed by atoms with E-state index < -0.39 is 6.10 Å². The third-order valence-electron chi connectivity index (χ3n) is 4.17. The zero-order chi connectivity index (χ0) is 15.0. The molecule has 2 atom stereocenters. The van der Waals surface area contributed by atoms with E-state index in [2.05, 4.69) is 15.9 Å². The maximum Gasteiger partial charge on any atom is 0.253 e. The highest BCUT2D eigenvalue weighted by Crippen LogP contribution is 2.30. The number of halogens is 1. The first-order valence-electron chi connectivity index (χ1n) is 7.15. The number of hydrogen-bond acceptors (Lipinski definition) is 3. The van der Waals surface area contributed by atoms with Crippen LogP contribution in [0.15, 0.2) is 28.2 Å². The average molecular weight is 352 g/mol. The van der Waals surface area contributed by atoms with Gasteiger partial charge < -0.3 is 14.7 Å². The van der Waals surface area contributed by atoms with Crippen molar-refractivity contribution in [1.29, 1.82) is 0 Å². The van der Waals surface area contributed by atoms with Crippen LogP contribution in [0.25, 0.3) is 6.08 Å². The minimum Gasteiger partial charge on any atom is -0.488 e. The standard InChI is InChI=1S/C16H18BrNO3/c1-10-4-5-18(8-14(10)19)16(20)12-6-11-7-13(17)2-3-15(11)21-9-12/h2-3,6-7,10,14,19H,4-5,8-9H2,1H3. The monoisotopic (exact) mass is 351 g/mol. The lowest BCUT2D eigenvalue weighted by Crippen LogP contribution is -2.46. The molecule has 0 bridgehead atoms. The molecular formula is C16H18BrNO3. The molecule has 1 amide bonds. The van der Waals surface area contributed by atoms with Crippen molar-refractivity contribution in [2.24, 2.45) is 5.92 Å². The lowest BCUT2D eigenvalue weighted by molar-refractivity contribution is -0.131. The zero-order valence-electron chi connectivity index (χ0n) is 11.9. The molecule has 3 rings (SSSR count). The molecule has 21 heavy (non-hydrogen) atoms. The molecule has 0 spiro atoms. The van der Waals surface area contributed by atoms with E-state index in [0.717, 1.165) is 22.2 Å². The van der Waals surface area contributed by atoms with Gasteiger partial charge in [0.15, 0.2) is 0 Å². The number of benzene rings is 1. The Hall–Kier alpha value is -1.33. The first-order valence-corrected chi connectivity index (χ1v) is 7.94. The predicted molar refractivity (Wildman–Crippen MR) is 84.0 cm³/mol. The quantitative estimate of drug-likeness (QED) is 0.845. The van der Waals surface area contributed by atoms with Crippen molar-refractivity contribution < 1.29 is 14.6 Å². The van der Waals surface area contributed by atoms with Crippen molar-refractivity contribution >= 4 is 27.9 Å². The van der Waals surface area contributed by atoms with Crippen LogP contribution in [0.1, 0.15) is 18.9 Å². The zero-order valence-corrected chi connectivity index (χ0v) is 13.5. The van der Waals surface area contributed by atoms with Crippen LogP contribution in [0.2, 0.25) is 0 Å². The third kappa shape index (κ3) is 2.99. The Morgan fingerprint density at radius 1 is 1.48 bits per heavy atom. The molecule has 2 heterocycles. The van der Waals surface area contributed by atoms with Crippen LogP contribution >= 0.6 is 15.9 Å². The molecule has 2 aliphatic rings. The van der Waals surface area contributed by atoms with Crippen LogP contribution in [0, 0.1) is 5.92 Å². The number of ether oxygens (including phenoxy) is 1. The molecule has 112 valence electrons. The SMILES string of the molecule is CC1CCN(C(=O)C2=Cc3cc(Br)ccc3OC2)CC1O. The van der Waals surface area contributed by atoms with E-state index in [1.807, 2.05) is 31.2 Å². The van der Waals surface area contributed by atoms with Crippen molar-refractivity contribution in [2.75, 3.05) is 19.7 Å². The maximum atomic E-state index is 12.6. The maximum absolute atomic E-state index is 12.6. The molecule has 2 unspecified atom stereocenters. The van der Waals surface area contributed by atoms with Crippen LogP contribution in [0.4, 0.5) is 0 Å². The minimum absolute atomic E-state index is 0.0356. The van der Waals surface area contributed by atoms with Crippen LogP contribution in [0.5, 0.6) is 5.75 Å². The third-order valence-corrected chi connectivity index (χ3v) is 4.66. The van der Waals surface area contributed by atoms with Gasteiger partial charge in [-0.05, 0) is 36.6 Å². The molecule has 0 aromatic heterocycles. The van der Waals surface area contributed by atoms with E-state index in [-0.39, 0.29) is 18.4 Å². The Morgan fingerprint density at radius 2 is 2.29 bits per heavy atom. The van der Waals surface area contributed by atoms with Crippen molar-refractivity contribution in [2.45, 2.75) is 19.4 Å². The molecule has 1 saturated heterocycles. The number of likely N-dealkylation sites (tertiary alicyclic amines) is 1. The molecule has 1 N–H and O–H groups in total. The van der Waals surface area contributed by atoms with Crippen LogP contribution in [0.3, 0.4) is 0 Å². The highest BCUT2D eigenvalue weighted by Gasteiger charge is 2.29. The minimum atomic E-state index is -0.436. The Morgan fingerprint density at radius 3 is 3.05 bits per heavy atom. The predicted octanol–water partition coefficient (Wildman–Crippen LogP) is 2.45. The number of aliphatic hydroxyl groups excluding tert-OH is 1. The summed E-state index contributed by atoms with van der Waals surface area (Å²) >= 11 is 3.43. The van der Waals surface area contributed by atoms with E-state index in [1.54, 1.807) is 4.90 Å². The number of amides is 1. The van der Waals surface area contributed by atoms with Crippen LogP contribution in [-0.2, 0) is 4.79 Å². The second-order valence-electron chi connectivity index (χ2n) is 5.72. The number of fused-ring (bicyclic) bond motifs is 1. The van der Waals surface area contributed by atoms with Gasteiger partial charge in [-0.2, -0.15) is 0 Å². The van der Waals surface area contributed by atoms with E-state index in [0.29, 0.717) is 18.7 Å². The smallest absolute Gasteiger partial charge is 0.253 e. The highest BCUT2D eigenvalue weighted by molar-refractivity contribution is 9.10. The van der Waals surface area contributed by atoms with Gasteiger partial charge in [0.25, 0.3) is 5.91 Å².